The average molecular weight is 265 g/mol. The van der Waals surface area contributed by atoms with Crippen molar-refractivity contribution in [2.24, 2.45) is 17.8 Å². The lowest BCUT2D eigenvalue weighted by atomic mass is 9.85. The summed E-state index contributed by atoms with van der Waals surface area (Å²) in [5, 5.41) is 8.83. The summed E-state index contributed by atoms with van der Waals surface area (Å²) in [5.41, 5.74) is 0. The van der Waals surface area contributed by atoms with Crippen molar-refractivity contribution in [2.45, 2.75) is 32.6 Å². The van der Waals surface area contributed by atoms with Crippen LogP contribution in [0.1, 0.15) is 32.6 Å². The molecule has 0 radical (unpaired) electrons. The zero-order valence-corrected chi connectivity index (χ0v) is 11.0. The quantitative estimate of drug-likeness (QED) is 0.603. The average Bonchev–Trinajstić information content (AvgIpc) is 2.63. The first-order chi connectivity index (χ1) is 9.04. The highest BCUT2D eigenvalue weighted by Crippen LogP contribution is 2.35. The van der Waals surface area contributed by atoms with Crippen LogP contribution >= 0.6 is 0 Å². The number of rotatable bonds is 5. The summed E-state index contributed by atoms with van der Waals surface area (Å²) >= 11 is 0. The molecule has 3 atom stereocenters. The van der Waals surface area contributed by atoms with E-state index in [0.29, 0.717) is 19.3 Å². The molecule has 5 nitrogen and oxygen atoms in total. The van der Waals surface area contributed by atoms with Gasteiger partial charge in [0.25, 0.3) is 0 Å². The number of likely N-dealkylation sites (tertiary alicyclic amines) is 1. The lowest BCUT2D eigenvalue weighted by Gasteiger charge is -2.20. The van der Waals surface area contributed by atoms with E-state index in [4.69, 9.17) is 5.11 Å². The van der Waals surface area contributed by atoms with Gasteiger partial charge >= 0.3 is 5.97 Å². The number of imide groups is 1. The number of hydrogen-bond acceptors (Lipinski definition) is 3. The summed E-state index contributed by atoms with van der Waals surface area (Å²) in [5.74, 6) is -1.73. The molecule has 0 aromatic carbocycles. The third-order valence-electron chi connectivity index (χ3n) is 4.08. The maximum absolute atomic E-state index is 12.2. The molecule has 2 amide bonds. The van der Waals surface area contributed by atoms with Crippen LogP contribution in [0, 0.1) is 17.8 Å². The molecule has 0 saturated carbocycles. The van der Waals surface area contributed by atoms with Crippen LogP contribution in [0.15, 0.2) is 12.2 Å². The number of hydrogen-bond donors (Lipinski definition) is 1. The second-order valence-corrected chi connectivity index (χ2v) is 5.32. The van der Waals surface area contributed by atoms with Gasteiger partial charge in [-0.1, -0.05) is 25.5 Å². The van der Waals surface area contributed by atoms with E-state index in [-0.39, 0.29) is 42.5 Å². The highest BCUT2D eigenvalue weighted by Gasteiger charge is 2.47. The SMILES string of the molecule is CCC(CC(=O)O)CN1C(=O)C2CC=CCC2C1=O. The number of allylic oxidation sites excluding steroid dienone is 2. The molecule has 1 saturated heterocycles. The van der Waals surface area contributed by atoms with Gasteiger partial charge in [-0.25, -0.2) is 0 Å². The van der Waals surface area contributed by atoms with Crippen LogP contribution in [-0.4, -0.2) is 34.3 Å². The Morgan fingerprint density at radius 3 is 2.26 bits per heavy atom. The Bertz CT molecular complexity index is 403. The minimum atomic E-state index is -0.884. The molecular weight excluding hydrogens is 246 g/mol. The van der Waals surface area contributed by atoms with Gasteiger partial charge in [0, 0.05) is 13.0 Å². The van der Waals surface area contributed by atoms with Crippen molar-refractivity contribution in [1.29, 1.82) is 0 Å². The summed E-state index contributed by atoms with van der Waals surface area (Å²) in [6, 6.07) is 0. The fourth-order valence-corrected chi connectivity index (χ4v) is 2.89. The van der Waals surface area contributed by atoms with Gasteiger partial charge in [-0.05, 0) is 18.8 Å². The lowest BCUT2D eigenvalue weighted by molar-refractivity contribution is -0.143. The number of carbonyl (C=O) groups excluding carboxylic acids is 2. The number of amides is 2. The third-order valence-corrected chi connectivity index (χ3v) is 4.08. The van der Waals surface area contributed by atoms with E-state index in [1.165, 1.54) is 4.90 Å². The van der Waals surface area contributed by atoms with Crippen LogP contribution < -0.4 is 0 Å². The standard InChI is InChI=1S/C14H19NO4/c1-2-9(7-12(16)17)8-15-13(18)10-5-3-4-6-11(10)14(15)19/h3-4,9-11H,2,5-8H2,1H3,(H,16,17). The van der Waals surface area contributed by atoms with Crippen molar-refractivity contribution in [3.8, 4) is 0 Å². The number of nitrogens with zero attached hydrogens (tertiary/aromatic N) is 1. The molecule has 19 heavy (non-hydrogen) atoms. The molecule has 1 fully saturated rings. The van der Waals surface area contributed by atoms with Crippen LogP contribution in [0.2, 0.25) is 0 Å². The van der Waals surface area contributed by atoms with Gasteiger partial charge in [0.15, 0.2) is 0 Å². The molecule has 0 bridgehead atoms. The number of carboxylic acids is 1. The van der Waals surface area contributed by atoms with E-state index in [9.17, 15) is 14.4 Å². The zero-order chi connectivity index (χ0) is 14.0. The van der Waals surface area contributed by atoms with Crippen LogP contribution in [-0.2, 0) is 14.4 Å². The summed E-state index contributed by atoms with van der Waals surface area (Å²) in [6.07, 6.45) is 5.80. The van der Waals surface area contributed by atoms with Gasteiger partial charge < -0.3 is 5.11 Å². The van der Waals surface area contributed by atoms with Gasteiger partial charge in [0.05, 0.1) is 11.8 Å². The number of carbonyl (C=O) groups is 3. The summed E-state index contributed by atoms with van der Waals surface area (Å²) in [4.78, 5) is 36.5. The Hall–Kier alpha value is -1.65. The number of fused-ring (bicyclic) bond motifs is 1. The molecule has 2 aliphatic rings. The molecule has 1 heterocycles. The first kappa shape index (κ1) is 13.8. The monoisotopic (exact) mass is 265 g/mol. The molecule has 104 valence electrons. The zero-order valence-electron chi connectivity index (χ0n) is 11.0. The summed E-state index contributed by atoms with van der Waals surface area (Å²) < 4.78 is 0. The fraction of sp³-hybridized carbons (Fsp3) is 0.643. The second kappa shape index (κ2) is 5.55. The van der Waals surface area contributed by atoms with Crippen LogP contribution in [0.25, 0.3) is 0 Å². The smallest absolute Gasteiger partial charge is 0.303 e. The molecule has 0 aromatic rings. The van der Waals surface area contributed by atoms with Gasteiger partial charge in [-0.15, -0.1) is 0 Å². The van der Waals surface area contributed by atoms with Crippen molar-refractivity contribution in [2.75, 3.05) is 6.54 Å². The Morgan fingerprint density at radius 1 is 1.32 bits per heavy atom. The van der Waals surface area contributed by atoms with E-state index < -0.39 is 5.97 Å². The third kappa shape index (κ3) is 2.69. The molecule has 5 heteroatoms. The second-order valence-electron chi connectivity index (χ2n) is 5.32. The van der Waals surface area contributed by atoms with Gasteiger partial charge in [-0.3, -0.25) is 19.3 Å². The Labute approximate surface area is 112 Å². The summed E-state index contributed by atoms with van der Waals surface area (Å²) in [6.45, 7) is 2.13. The maximum Gasteiger partial charge on any atom is 0.303 e. The predicted molar refractivity (Wildman–Crippen MR) is 68.1 cm³/mol. The molecule has 0 spiro atoms. The van der Waals surface area contributed by atoms with Crippen LogP contribution in [0.3, 0.4) is 0 Å². The van der Waals surface area contributed by atoms with Crippen molar-refractivity contribution in [3.63, 3.8) is 0 Å². The Morgan fingerprint density at radius 2 is 1.84 bits per heavy atom. The number of aliphatic carboxylic acids is 1. The largest absolute Gasteiger partial charge is 0.481 e. The summed E-state index contributed by atoms with van der Waals surface area (Å²) in [7, 11) is 0. The molecule has 1 aliphatic carbocycles. The van der Waals surface area contributed by atoms with E-state index in [1.54, 1.807) is 0 Å². The van der Waals surface area contributed by atoms with E-state index in [0.717, 1.165) is 0 Å². The normalized spacial score (nSPS) is 27.5. The number of carboxylic acid groups (broad SMARTS) is 1. The minimum Gasteiger partial charge on any atom is -0.481 e. The van der Waals surface area contributed by atoms with Crippen LogP contribution in [0.5, 0.6) is 0 Å². The van der Waals surface area contributed by atoms with E-state index in [1.807, 2.05) is 19.1 Å². The van der Waals surface area contributed by atoms with Crippen molar-refractivity contribution >= 4 is 17.8 Å². The molecule has 1 aliphatic heterocycles. The maximum atomic E-state index is 12.2. The molecule has 1 N–H and O–H groups in total. The first-order valence-electron chi connectivity index (χ1n) is 6.76. The molecule has 0 aromatic heterocycles. The highest BCUT2D eigenvalue weighted by atomic mass is 16.4. The van der Waals surface area contributed by atoms with Gasteiger partial charge in [0.2, 0.25) is 11.8 Å². The van der Waals surface area contributed by atoms with Crippen molar-refractivity contribution in [1.82, 2.24) is 4.90 Å². The lowest BCUT2D eigenvalue weighted by Crippen LogP contribution is -2.36. The van der Waals surface area contributed by atoms with Crippen LogP contribution in [0.4, 0.5) is 0 Å². The molecule has 2 rings (SSSR count). The fourth-order valence-electron chi connectivity index (χ4n) is 2.89. The van der Waals surface area contributed by atoms with Gasteiger partial charge in [-0.2, -0.15) is 0 Å². The van der Waals surface area contributed by atoms with Crippen molar-refractivity contribution < 1.29 is 19.5 Å². The highest BCUT2D eigenvalue weighted by molar-refractivity contribution is 6.05. The molecule has 3 unspecified atom stereocenters. The minimum absolute atomic E-state index is 0.00113. The predicted octanol–water partition coefficient (Wildman–Crippen LogP) is 1.44. The van der Waals surface area contributed by atoms with Crippen molar-refractivity contribution in [3.05, 3.63) is 12.2 Å². The van der Waals surface area contributed by atoms with E-state index >= 15 is 0 Å². The molecular formula is C14H19NO4. The topological polar surface area (TPSA) is 74.7 Å². The van der Waals surface area contributed by atoms with Gasteiger partial charge in [0.1, 0.15) is 0 Å². The Balaban J connectivity index is 2.06. The Kier molecular flexibility index (Phi) is 4.02. The van der Waals surface area contributed by atoms with E-state index in [2.05, 4.69) is 0 Å². The first-order valence-corrected chi connectivity index (χ1v) is 6.76.